The van der Waals surface area contributed by atoms with Crippen LogP contribution in [-0.4, -0.2) is 52.2 Å². The molecule has 0 fully saturated rings. The van der Waals surface area contributed by atoms with E-state index in [1.165, 1.54) is 24.3 Å². The lowest BCUT2D eigenvalue weighted by atomic mass is 10.1. The number of sulfonamides is 2. The summed E-state index contributed by atoms with van der Waals surface area (Å²) in [5.74, 6) is -4.16. The Bertz CT molecular complexity index is 3110. The molecule has 0 aliphatic carbocycles. The average molecular weight is 1100 g/mol. The minimum atomic E-state index is -4.95. The first-order chi connectivity index (χ1) is 31.1. The fourth-order valence-electron chi connectivity index (χ4n) is 5.65. The molecule has 0 atom stereocenters. The highest BCUT2D eigenvalue weighted by Gasteiger charge is 2.38. The van der Waals surface area contributed by atoms with Crippen LogP contribution in [0.5, 0.6) is 0 Å². The lowest BCUT2D eigenvalue weighted by Crippen LogP contribution is -2.34. The first kappa shape index (κ1) is 53.1. The number of hydrogen-bond donors (Lipinski definition) is 1. The molecule has 0 saturated carbocycles. The Labute approximate surface area is 404 Å². The van der Waals surface area contributed by atoms with Crippen LogP contribution in [0.1, 0.15) is 43.2 Å². The van der Waals surface area contributed by atoms with Crippen LogP contribution in [-0.2, 0) is 37.1 Å². The SMILES string of the molecule is COCN(c1cc(Cl)cnc1C(=O)c1c(F)cccc1Cl)S(=O)(=O)c1ccc(Cl)c(C(F)(F)F)c1.O=C(c1ncc(Cl)cc1NS(=O)(=O)c1ccc(Cl)c(C(F)(F)F)c1)c1c(F)cccc1Cl. The number of hydrogen-bond acceptors (Lipinski definition) is 9. The third-order valence-corrected chi connectivity index (χ3v) is 13.4. The third kappa shape index (κ3) is 12.1. The Balaban J connectivity index is 0.000000252. The van der Waals surface area contributed by atoms with Crippen LogP contribution >= 0.6 is 69.6 Å². The molecule has 2 aromatic heterocycles. The third-order valence-electron chi connectivity index (χ3n) is 8.64. The Kier molecular flexibility index (Phi) is 16.5. The zero-order valence-electron chi connectivity index (χ0n) is 32.8. The van der Waals surface area contributed by atoms with Crippen molar-refractivity contribution in [1.82, 2.24) is 9.97 Å². The summed E-state index contributed by atoms with van der Waals surface area (Å²) in [7, 11) is -8.38. The smallest absolute Gasteiger partial charge is 0.363 e. The molecule has 0 aliphatic heterocycles. The van der Waals surface area contributed by atoms with Crippen LogP contribution < -0.4 is 9.03 Å². The van der Waals surface area contributed by atoms with Gasteiger partial charge in [-0.1, -0.05) is 81.7 Å². The molecule has 4 aromatic carbocycles. The van der Waals surface area contributed by atoms with E-state index < -0.39 is 127 Å². The van der Waals surface area contributed by atoms with Crippen molar-refractivity contribution in [2.24, 2.45) is 0 Å². The second-order valence-electron chi connectivity index (χ2n) is 13.1. The van der Waals surface area contributed by atoms with E-state index in [1.54, 1.807) is 0 Å². The van der Waals surface area contributed by atoms with E-state index in [0.717, 1.165) is 68.0 Å². The van der Waals surface area contributed by atoms with Gasteiger partial charge >= 0.3 is 12.4 Å². The normalized spacial score (nSPS) is 12.0. The molecule has 0 radical (unpaired) electrons. The molecular weight excluding hydrogens is 1080 g/mol. The zero-order valence-corrected chi connectivity index (χ0v) is 38.9. The number of nitrogens with zero attached hydrogens (tertiary/aromatic N) is 3. The van der Waals surface area contributed by atoms with Crippen LogP contribution in [0, 0.1) is 11.6 Å². The molecule has 2 heterocycles. The maximum absolute atomic E-state index is 14.4. The Morgan fingerprint density at radius 2 is 1.07 bits per heavy atom. The second-order valence-corrected chi connectivity index (χ2v) is 19.1. The van der Waals surface area contributed by atoms with E-state index in [4.69, 9.17) is 74.3 Å². The molecule has 0 spiro atoms. The number of methoxy groups -OCH3 is 1. The van der Waals surface area contributed by atoms with Crippen molar-refractivity contribution >= 4 is 113 Å². The van der Waals surface area contributed by atoms with Gasteiger partial charge in [-0.15, -0.1) is 0 Å². The van der Waals surface area contributed by atoms with E-state index in [0.29, 0.717) is 16.4 Å². The lowest BCUT2D eigenvalue weighted by Gasteiger charge is -2.25. The van der Waals surface area contributed by atoms with Crippen molar-refractivity contribution in [3.8, 4) is 0 Å². The van der Waals surface area contributed by atoms with Crippen molar-refractivity contribution in [2.45, 2.75) is 22.1 Å². The maximum Gasteiger partial charge on any atom is 0.417 e. The number of rotatable bonds is 12. The molecule has 0 amide bonds. The van der Waals surface area contributed by atoms with Gasteiger partial charge in [-0.2, -0.15) is 26.3 Å². The molecular formula is C40H22Cl6F8N4O7S2. The summed E-state index contributed by atoms with van der Waals surface area (Å²) in [5.41, 5.74) is -6.07. The number of carbonyl (C=O) groups excluding carboxylic acids is 2. The van der Waals surface area contributed by atoms with Gasteiger partial charge in [0.05, 0.1) is 73.6 Å². The van der Waals surface area contributed by atoms with E-state index in [-0.39, 0.29) is 20.1 Å². The first-order valence-corrected chi connectivity index (χ1v) is 22.9. The fraction of sp³-hybridized carbons (Fsp3) is 0.100. The molecule has 0 bridgehead atoms. The standard InChI is InChI=1S/C21H13Cl3F4N2O4S.C19H9Cl3F4N2O3S/c1-34-10-30(35(32,33)12-5-6-14(23)13(8-12)21(26,27)28)17-7-11(22)9-29-19(17)20(31)18-15(24)3-2-4-16(18)25;20-9-6-15(17(27-8-9)18(29)16-13(22)2-1-3-14(16)23)28-32(30,31)10-4-5-12(21)11(7-10)19(24,25)26/h2-9H,10H2,1H3;1-8,28H. The summed E-state index contributed by atoms with van der Waals surface area (Å²) < 4.78 is 168. The molecule has 0 aliphatic rings. The van der Waals surface area contributed by atoms with Gasteiger partial charge in [0, 0.05) is 19.5 Å². The van der Waals surface area contributed by atoms with Crippen molar-refractivity contribution in [1.29, 1.82) is 0 Å². The highest BCUT2D eigenvalue weighted by molar-refractivity contribution is 7.93. The van der Waals surface area contributed by atoms with Crippen molar-refractivity contribution in [3.63, 3.8) is 0 Å². The molecule has 354 valence electrons. The number of nitrogens with one attached hydrogen (secondary N) is 1. The maximum atomic E-state index is 14.4. The summed E-state index contributed by atoms with van der Waals surface area (Å²) in [4.78, 5) is 32.0. The highest BCUT2D eigenvalue weighted by Crippen LogP contribution is 2.39. The summed E-state index contributed by atoms with van der Waals surface area (Å²) in [6, 6.07) is 12.8. The Morgan fingerprint density at radius 1 is 0.627 bits per heavy atom. The number of pyridine rings is 2. The number of carbonyl (C=O) groups is 2. The van der Waals surface area contributed by atoms with Crippen LogP contribution in [0.4, 0.5) is 46.5 Å². The number of ether oxygens (including phenoxy) is 1. The van der Waals surface area contributed by atoms with E-state index >= 15 is 0 Å². The topological polar surface area (TPSA) is 153 Å². The molecule has 0 saturated heterocycles. The number of anilines is 2. The summed E-state index contributed by atoms with van der Waals surface area (Å²) in [6.45, 7) is -0.764. The van der Waals surface area contributed by atoms with Gasteiger partial charge in [-0.3, -0.25) is 14.3 Å². The van der Waals surface area contributed by atoms with Crippen molar-refractivity contribution in [2.75, 3.05) is 22.9 Å². The summed E-state index contributed by atoms with van der Waals surface area (Å²) >= 11 is 34.8. The first-order valence-electron chi connectivity index (χ1n) is 17.7. The largest absolute Gasteiger partial charge is 0.417 e. The van der Waals surface area contributed by atoms with Gasteiger partial charge in [0.2, 0.25) is 11.6 Å². The molecule has 0 unspecified atom stereocenters. The van der Waals surface area contributed by atoms with Gasteiger partial charge in [0.1, 0.15) is 29.8 Å². The molecule has 6 aromatic rings. The quantitative estimate of drug-likeness (QED) is 0.0717. The van der Waals surface area contributed by atoms with Gasteiger partial charge in [0.15, 0.2) is 0 Å². The van der Waals surface area contributed by atoms with Crippen molar-refractivity contribution in [3.05, 3.63) is 173 Å². The summed E-state index contributed by atoms with van der Waals surface area (Å²) in [6.07, 6.45) is -7.85. The Morgan fingerprint density at radius 3 is 1.55 bits per heavy atom. The average Bonchev–Trinajstić information content (AvgIpc) is 3.22. The number of aromatic nitrogens is 2. The van der Waals surface area contributed by atoms with Gasteiger partial charge < -0.3 is 4.74 Å². The monoisotopic (exact) mass is 1100 g/mol. The number of ketones is 2. The fourth-order valence-corrected chi connectivity index (χ4v) is 9.39. The minimum Gasteiger partial charge on any atom is -0.363 e. The minimum absolute atomic E-state index is 0.106. The zero-order chi connectivity index (χ0) is 50.0. The van der Waals surface area contributed by atoms with Crippen LogP contribution in [0.2, 0.25) is 30.1 Å². The van der Waals surface area contributed by atoms with Gasteiger partial charge in [0.25, 0.3) is 20.0 Å². The number of alkyl halides is 6. The molecule has 11 nitrogen and oxygen atoms in total. The molecule has 1 N–H and O–H groups in total. The van der Waals surface area contributed by atoms with Crippen LogP contribution in [0.25, 0.3) is 0 Å². The number of halogens is 14. The highest BCUT2D eigenvalue weighted by atomic mass is 35.5. The van der Waals surface area contributed by atoms with Crippen molar-refractivity contribution < 1.29 is 66.3 Å². The predicted octanol–water partition coefficient (Wildman–Crippen LogP) is 12.5. The molecule has 6 rings (SSSR count). The number of benzene rings is 4. The molecule has 27 heteroatoms. The van der Waals surface area contributed by atoms with E-state index in [9.17, 15) is 61.5 Å². The van der Waals surface area contributed by atoms with E-state index in [1.807, 2.05) is 4.72 Å². The summed E-state index contributed by atoms with van der Waals surface area (Å²) in [5, 5.41) is -2.18. The van der Waals surface area contributed by atoms with Crippen LogP contribution in [0.3, 0.4) is 0 Å². The van der Waals surface area contributed by atoms with Crippen LogP contribution in [0.15, 0.2) is 107 Å². The molecule has 67 heavy (non-hydrogen) atoms. The second kappa shape index (κ2) is 20.8. The predicted molar refractivity (Wildman–Crippen MR) is 233 cm³/mol. The van der Waals surface area contributed by atoms with Gasteiger partial charge in [-0.05, 0) is 72.8 Å². The lowest BCUT2D eigenvalue weighted by molar-refractivity contribution is -0.138. The Hall–Kier alpha value is -4.84. The van der Waals surface area contributed by atoms with Gasteiger partial charge in [-0.25, -0.2) is 39.9 Å². The van der Waals surface area contributed by atoms with E-state index in [2.05, 4.69) is 9.97 Å².